The van der Waals surface area contributed by atoms with Gasteiger partial charge in [-0.15, -0.1) is 0 Å². The van der Waals surface area contributed by atoms with Crippen molar-refractivity contribution in [1.29, 1.82) is 0 Å². The van der Waals surface area contributed by atoms with Gasteiger partial charge in [0.2, 0.25) is 15.9 Å². The third kappa shape index (κ3) is 6.14. The van der Waals surface area contributed by atoms with Gasteiger partial charge in [-0.1, -0.05) is 36.2 Å². The van der Waals surface area contributed by atoms with Crippen molar-refractivity contribution in [2.24, 2.45) is 0 Å². The van der Waals surface area contributed by atoms with Crippen molar-refractivity contribution in [2.45, 2.75) is 26.3 Å². The average molecular weight is 425 g/mol. The minimum atomic E-state index is -3.67. The van der Waals surface area contributed by atoms with Crippen LogP contribution in [0.1, 0.15) is 18.9 Å². The number of halogens is 1. The molecule has 0 aliphatic carbocycles. The van der Waals surface area contributed by atoms with Crippen molar-refractivity contribution in [3.8, 4) is 5.75 Å². The van der Waals surface area contributed by atoms with Crippen LogP contribution in [-0.4, -0.2) is 39.8 Å². The highest BCUT2D eigenvalue weighted by atomic mass is 35.5. The molecule has 1 amide bonds. The van der Waals surface area contributed by atoms with Crippen molar-refractivity contribution >= 4 is 33.2 Å². The van der Waals surface area contributed by atoms with Gasteiger partial charge in [0.1, 0.15) is 18.4 Å². The molecule has 28 heavy (non-hydrogen) atoms. The topological polar surface area (TPSA) is 75.7 Å². The van der Waals surface area contributed by atoms with Gasteiger partial charge in [-0.3, -0.25) is 9.10 Å². The molecule has 0 saturated heterocycles. The number of benzene rings is 2. The smallest absolute Gasteiger partial charge is 0.244 e. The van der Waals surface area contributed by atoms with Crippen LogP contribution >= 0.6 is 11.6 Å². The maximum absolute atomic E-state index is 12.7. The number of sulfonamides is 1. The molecule has 0 unspecified atom stereocenters. The molecule has 0 aliphatic heterocycles. The van der Waals surface area contributed by atoms with Crippen LogP contribution in [-0.2, 0) is 14.8 Å². The molecule has 1 N–H and O–H groups in total. The van der Waals surface area contributed by atoms with Gasteiger partial charge in [-0.25, -0.2) is 8.42 Å². The molecule has 152 valence electrons. The Balaban J connectivity index is 2.02. The molecule has 2 aromatic rings. The second-order valence-electron chi connectivity index (χ2n) is 6.41. The molecule has 2 rings (SSSR count). The molecule has 0 aromatic heterocycles. The number of amides is 1. The molecule has 8 heteroatoms. The first-order valence-corrected chi connectivity index (χ1v) is 11.2. The fourth-order valence-electron chi connectivity index (χ4n) is 2.74. The summed E-state index contributed by atoms with van der Waals surface area (Å²) in [5.74, 6) is 0.334. The second kappa shape index (κ2) is 9.80. The van der Waals surface area contributed by atoms with Crippen LogP contribution < -0.4 is 14.4 Å². The summed E-state index contributed by atoms with van der Waals surface area (Å²) >= 11 is 5.89. The Hall–Kier alpha value is -2.25. The molecule has 0 fully saturated rings. The number of aryl methyl sites for hydroxylation is 1. The molecule has 0 saturated carbocycles. The Bertz CT molecular complexity index is 883. The Kier molecular flexibility index (Phi) is 7.71. The third-order valence-electron chi connectivity index (χ3n) is 4.10. The molecule has 0 spiro atoms. The zero-order chi connectivity index (χ0) is 20.7. The maximum atomic E-state index is 12.7. The predicted molar refractivity (Wildman–Crippen MR) is 113 cm³/mol. The van der Waals surface area contributed by atoms with Gasteiger partial charge in [-0.2, -0.15) is 0 Å². The van der Waals surface area contributed by atoms with Gasteiger partial charge >= 0.3 is 0 Å². The van der Waals surface area contributed by atoms with E-state index in [0.29, 0.717) is 22.9 Å². The minimum Gasteiger partial charge on any atom is -0.492 e. The molecular formula is C20H25ClN2O4S. The lowest BCUT2D eigenvalue weighted by molar-refractivity contribution is -0.122. The monoisotopic (exact) mass is 424 g/mol. The van der Waals surface area contributed by atoms with Crippen LogP contribution in [0, 0.1) is 6.92 Å². The number of carbonyl (C=O) groups excluding carboxylic acids is 1. The van der Waals surface area contributed by atoms with Crippen LogP contribution in [0.5, 0.6) is 5.75 Å². The average Bonchev–Trinajstić information content (AvgIpc) is 2.64. The molecule has 0 bridgehead atoms. The van der Waals surface area contributed by atoms with Crippen LogP contribution in [0.25, 0.3) is 0 Å². The summed E-state index contributed by atoms with van der Waals surface area (Å²) < 4.78 is 31.4. The summed E-state index contributed by atoms with van der Waals surface area (Å²) in [6, 6.07) is 13.1. The van der Waals surface area contributed by atoms with E-state index in [4.69, 9.17) is 16.3 Å². The summed E-state index contributed by atoms with van der Waals surface area (Å²) in [5.41, 5.74) is 1.53. The normalized spacial score (nSPS) is 12.3. The first-order chi connectivity index (χ1) is 13.2. The van der Waals surface area contributed by atoms with Crippen LogP contribution in [0.4, 0.5) is 5.69 Å². The van der Waals surface area contributed by atoms with Gasteiger partial charge in [0, 0.05) is 5.02 Å². The van der Waals surface area contributed by atoms with E-state index in [1.165, 1.54) is 0 Å². The molecular weight excluding hydrogens is 400 g/mol. The number of hydrogen-bond donors (Lipinski definition) is 1. The van der Waals surface area contributed by atoms with Crippen LogP contribution in [0.2, 0.25) is 5.02 Å². The number of anilines is 1. The first-order valence-electron chi connectivity index (χ1n) is 8.94. The molecule has 0 aliphatic rings. The Morgan fingerprint density at radius 3 is 2.29 bits per heavy atom. The number of hydrogen-bond acceptors (Lipinski definition) is 4. The summed E-state index contributed by atoms with van der Waals surface area (Å²) in [6.45, 7) is 4.30. The van der Waals surface area contributed by atoms with Gasteiger partial charge in [0.15, 0.2) is 0 Å². The summed E-state index contributed by atoms with van der Waals surface area (Å²) in [6.07, 6.45) is 1.40. The second-order valence-corrected chi connectivity index (χ2v) is 8.71. The summed E-state index contributed by atoms with van der Waals surface area (Å²) in [7, 11) is -3.67. The minimum absolute atomic E-state index is 0.265. The quantitative estimate of drug-likeness (QED) is 0.626. The van der Waals surface area contributed by atoms with Crippen LogP contribution in [0.15, 0.2) is 48.5 Å². The fourth-order valence-corrected chi connectivity index (χ4v) is 4.08. The lowest BCUT2D eigenvalue weighted by Gasteiger charge is -2.30. The van der Waals surface area contributed by atoms with E-state index in [1.54, 1.807) is 31.2 Å². The van der Waals surface area contributed by atoms with E-state index in [2.05, 4.69) is 5.32 Å². The summed E-state index contributed by atoms with van der Waals surface area (Å²) in [5, 5.41) is 3.24. The SMILES string of the molecule is CC[C@H](C(=O)NCCOc1ccc(C)cc1)N(c1ccc(Cl)cc1)S(C)(=O)=O. The molecule has 1 atom stereocenters. The number of nitrogens with one attached hydrogen (secondary N) is 1. The zero-order valence-electron chi connectivity index (χ0n) is 16.2. The molecule has 6 nitrogen and oxygen atoms in total. The van der Waals surface area contributed by atoms with Crippen molar-refractivity contribution in [2.75, 3.05) is 23.7 Å². The van der Waals surface area contributed by atoms with Gasteiger partial charge in [-0.05, 0) is 49.7 Å². The van der Waals surface area contributed by atoms with E-state index < -0.39 is 16.1 Å². The number of ether oxygens (including phenoxy) is 1. The van der Waals surface area contributed by atoms with E-state index >= 15 is 0 Å². The highest BCUT2D eigenvalue weighted by Gasteiger charge is 2.31. The van der Waals surface area contributed by atoms with Crippen molar-refractivity contribution in [3.63, 3.8) is 0 Å². The van der Waals surface area contributed by atoms with Crippen LogP contribution in [0.3, 0.4) is 0 Å². The Morgan fingerprint density at radius 1 is 1.14 bits per heavy atom. The van der Waals surface area contributed by atoms with Gasteiger partial charge in [0.25, 0.3) is 0 Å². The first kappa shape index (κ1) is 22.0. The third-order valence-corrected chi connectivity index (χ3v) is 5.53. The number of nitrogens with zero attached hydrogens (tertiary/aromatic N) is 1. The van der Waals surface area contributed by atoms with E-state index in [-0.39, 0.29) is 19.1 Å². The number of carbonyl (C=O) groups is 1. The highest BCUT2D eigenvalue weighted by molar-refractivity contribution is 7.92. The van der Waals surface area contributed by atoms with Gasteiger partial charge in [0.05, 0.1) is 18.5 Å². The molecule has 0 heterocycles. The lowest BCUT2D eigenvalue weighted by Crippen LogP contribution is -2.50. The zero-order valence-corrected chi connectivity index (χ0v) is 17.8. The predicted octanol–water partition coefficient (Wildman–Crippen LogP) is 3.39. The van der Waals surface area contributed by atoms with E-state index in [1.807, 2.05) is 31.2 Å². The highest BCUT2D eigenvalue weighted by Crippen LogP contribution is 2.24. The Labute approximate surface area is 171 Å². The van der Waals surface area contributed by atoms with E-state index in [9.17, 15) is 13.2 Å². The molecule has 0 radical (unpaired) electrons. The molecule has 2 aromatic carbocycles. The van der Waals surface area contributed by atoms with Crippen molar-refractivity contribution < 1.29 is 17.9 Å². The van der Waals surface area contributed by atoms with E-state index in [0.717, 1.165) is 16.1 Å². The maximum Gasteiger partial charge on any atom is 0.244 e. The van der Waals surface area contributed by atoms with Crippen molar-refractivity contribution in [3.05, 3.63) is 59.1 Å². The fraction of sp³-hybridized carbons (Fsp3) is 0.350. The summed E-state index contributed by atoms with van der Waals surface area (Å²) in [4.78, 5) is 12.7. The van der Waals surface area contributed by atoms with Gasteiger partial charge < -0.3 is 10.1 Å². The lowest BCUT2D eigenvalue weighted by atomic mass is 10.2. The largest absolute Gasteiger partial charge is 0.492 e. The Morgan fingerprint density at radius 2 is 1.75 bits per heavy atom. The standard InChI is InChI=1S/C20H25ClN2O4S/c1-4-19(23(28(3,25)26)17-9-7-16(21)8-10-17)20(24)22-13-14-27-18-11-5-15(2)6-12-18/h5-12,19H,4,13-14H2,1-3H3,(H,22,24)/t19-/m1/s1. The van der Waals surface area contributed by atoms with Crippen molar-refractivity contribution in [1.82, 2.24) is 5.32 Å². The number of rotatable bonds is 9.